The molecule has 0 aliphatic carbocycles. The quantitative estimate of drug-likeness (QED) is 0.680. The first-order chi connectivity index (χ1) is 11.1. The predicted octanol–water partition coefficient (Wildman–Crippen LogP) is 3.27. The number of carbonyl (C=O) groups is 1. The van der Waals surface area contributed by atoms with Crippen molar-refractivity contribution in [1.82, 2.24) is 14.8 Å². The van der Waals surface area contributed by atoms with Gasteiger partial charge in [0.15, 0.2) is 11.0 Å². The average molecular weight is 389 g/mol. The second-order valence-electron chi connectivity index (χ2n) is 4.74. The molecule has 1 aromatic heterocycles. The van der Waals surface area contributed by atoms with E-state index < -0.39 is 0 Å². The summed E-state index contributed by atoms with van der Waals surface area (Å²) in [6.45, 7) is 0. The second kappa shape index (κ2) is 6.97. The van der Waals surface area contributed by atoms with Gasteiger partial charge in [-0.05, 0) is 24.3 Å². The third kappa shape index (κ3) is 3.62. The number of nitrogens with two attached hydrogens (primary N) is 1. The molecule has 0 saturated carbocycles. The fraction of sp³-hybridized carbons (Fsp3) is 0.0625. The minimum atomic E-state index is -0.386. The molecule has 0 unspecified atom stereocenters. The minimum absolute atomic E-state index is 0.158. The van der Waals surface area contributed by atoms with Crippen LogP contribution in [0, 0.1) is 0 Å². The number of carbonyl (C=O) groups excluding carboxylic acids is 1. The molecule has 7 heteroatoms. The maximum atomic E-state index is 11.1. The Kier molecular flexibility index (Phi) is 4.78. The lowest BCUT2D eigenvalue weighted by atomic mass is 10.2. The third-order valence-electron chi connectivity index (χ3n) is 3.09. The van der Waals surface area contributed by atoms with Crippen molar-refractivity contribution in [2.75, 3.05) is 5.75 Å². The van der Waals surface area contributed by atoms with Gasteiger partial charge in [0.05, 0.1) is 5.75 Å². The van der Waals surface area contributed by atoms with Crippen LogP contribution in [0.25, 0.3) is 17.1 Å². The van der Waals surface area contributed by atoms with Crippen molar-refractivity contribution in [3.8, 4) is 17.1 Å². The molecule has 0 atom stereocenters. The van der Waals surface area contributed by atoms with E-state index in [1.54, 1.807) is 0 Å². The molecule has 3 rings (SSSR count). The Morgan fingerprint density at radius 2 is 1.78 bits per heavy atom. The highest BCUT2D eigenvalue weighted by atomic mass is 79.9. The first-order valence-corrected chi connectivity index (χ1v) is 8.61. The van der Waals surface area contributed by atoms with Crippen LogP contribution in [0.5, 0.6) is 0 Å². The fourth-order valence-corrected chi connectivity index (χ4v) is 3.05. The lowest BCUT2D eigenvalue weighted by molar-refractivity contribution is -0.115. The number of hydrogen-bond donors (Lipinski definition) is 1. The van der Waals surface area contributed by atoms with E-state index in [9.17, 15) is 4.79 Å². The number of halogens is 1. The van der Waals surface area contributed by atoms with Crippen LogP contribution in [-0.2, 0) is 4.79 Å². The Morgan fingerprint density at radius 3 is 2.43 bits per heavy atom. The van der Waals surface area contributed by atoms with Gasteiger partial charge in [-0.15, -0.1) is 10.2 Å². The molecule has 0 bridgehead atoms. The predicted molar refractivity (Wildman–Crippen MR) is 94.4 cm³/mol. The lowest BCUT2D eigenvalue weighted by Crippen LogP contribution is -2.13. The van der Waals surface area contributed by atoms with Crippen LogP contribution in [0.15, 0.2) is 64.2 Å². The highest BCUT2D eigenvalue weighted by Gasteiger charge is 2.16. The zero-order chi connectivity index (χ0) is 16.2. The highest BCUT2D eigenvalue weighted by Crippen LogP contribution is 2.28. The number of primary amides is 1. The average Bonchev–Trinajstić information content (AvgIpc) is 2.98. The summed E-state index contributed by atoms with van der Waals surface area (Å²) in [4.78, 5) is 11.1. The number of para-hydroxylation sites is 1. The van der Waals surface area contributed by atoms with E-state index in [1.807, 2.05) is 59.2 Å². The van der Waals surface area contributed by atoms with Crippen molar-refractivity contribution >= 4 is 33.6 Å². The number of amides is 1. The first kappa shape index (κ1) is 15.8. The summed E-state index contributed by atoms with van der Waals surface area (Å²) in [5.41, 5.74) is 7.11. The zero-order valence-electron chi connectivity index (χ0n) is 12.0. The van der Waals surface area contributed by atoms with Crippen LogP contribution in [0.4, 0.5) is 0 Å². The van der Waals surface area contributed by atoms with E-state index in [4.69, 9.17) is 5.73 Å². The molecule has 1 amide bonds. The Balaban J connectivity index is 2.09. The molecule has 0 saturated heterocycles. The van der Waals surface area contributed by atoms with Crippen LogP contribution in [0.2, 0.25) is 0 Å². The van der Waals surface area contributed by atoms with E-state index in [0.717, 1.165) is 21.5 Å². The van der Waals surface area contributed by atoms with Gasteiger partial charge in [0.25, 0.3) is 0 Å². The van der Waals surface area contributed by atoms with Crippen LogP contribution in [0.3, 0.4) is 0 Å². The Labute approximate surface area is 146 Å². The minimum Gasteiger partial charge on any atom is -0.369 e. The molecule has 2 N–H and O–H groups in total. The summed E-state index contributed by atoms with van der Waals surface area (Å²) in [5.74, 6) is 0.490. The van der Waals surface area contributed by atoms with E-state index in [0.29, 0.717) is 5.16 Å². The zero-order valence-corrected chi connectivity index (χ0v) is 14.4. The SMILES string of the molecule is NC(=O)CSc1nnc(-c2ccc(Br)cc2)n1-c1ccccc1. The van der Waals surface area contributed by atoms with Gasteiger partial charge in [0, 0.05) is 15.7 Å². The van der Waals surface area contributed by atoms with E-state index >= 15 is 0 Å². The van der Waals surface area contributed by atoms with E-state index in [1.165, 1.54) is 11.8 Å². The van der Waals surface area contributed by atoms with Crippen LogP contribution in [-0.4, -0.2) is 26.4 Å². The normalized spacial score (nSPS) is 10.7. The molecular formula is C16H13BrN4OS. The molecule has 116 valence electrons. The monoisotopic (exact) mass is 388 g/mol. The maximum absolute atomic E-state index is 11.1. The first-order valence-electron chi connectivity index (χ1n) is 6.83. The molecule has 5 nitrogen and oxygen atoms in total. The van der Waals surface area contributed by atoms with Gasteiger partial charge in [0.2, 0.25) is 5.91 Å². The van der Waals surface area contributed by atoms with E-state index in [2.05, 4.69) is 26.1 Å². The van der Waals surface area contributed by atoms with Crippen LogP contribution >= 0.6 is 27.7 Å². The standard InChI is InChI=1S/C16H13BrN4OS/c17-12-8-6-11(7-9-12)15-19-20-16(23-10-14(18)22)21(15)13-4-2-1-3-5-13/h1-9H,10H2,(H2,18,22). The molecule has 0 spiro atoms. The highest BCUT2D eigenvalue weighted by molar-refractivity contribution is 9.10. The molecule has 0 aliphatic rings. The van der Waals surface area contributed by atoms with Crippen molar-refractivity contribution in [1.29, 1.82) is 0 Å². The lowest BCUT2D eigenvalue weighted by Gasteiger charge is -2.10. The molecule has 0 radical (unpaired) electrons. The smallest absolute Gasteiger partial charge is 0.227 e. The maximum Gasteiger partial charge on any atom is 0.227 e. The summed E-state index contributed by atoms with van der Waals surface area (Å²) in [6, 6.07) is 17.6. The molecule has 2 aromatic carbocycles. The van der Waals surface area contributed by atoms with Crippen molar-refractivity contribution in [3.05, 3.63) is 59.1 Å². The largest absolute Gasteiger partial charge is 0.369 e. The van der Waals surface area contributed by atoms with Gasteiger partial charge in [-0.3, -0.25) is 9.36 Å². The van der Waals surface area contributed by atoms with Crippen molar-refractivity contribution in [2.45, 2.75) is 5.16 Å². The van der Waals surface area contributed by atoms with Crippen LogP contribution in [0.1, 0.15) is 0 Å². The summed E-state index contributed by atoms with van der Waals surface area (Å²) < 4.78 is 2.92. The molecule has 3 aromatic rings. The van der Waals surface area contributed by atoms with Gasteiger partial charge >= 0.3 is 0 Å². The number of thioether (sulfide) groups is 1. The number of benzene rings is 2. The van der Waals surface area contributed by atoms with Crippen molar-refractivity contribution in [2.24, 2.45) is 5.73 Å². The molecular weight excluding hydrogens is 376 g/mol. The van der Waals surface area contributed by atoms with E-state index in [-0.39, 0.29) is 11.7 Å². The van der Waals surface area contributed by atoms with Crippen molar-refractivity contribution in [3.63, 3.8) is 0 Å². The summed E-state index contributed by atoms with van der Waals surface area (Å²) >= 11 is 4.70. The Hall–Kier alpha value is -2.12. The Morgan fingerprint density at radius 1 is 1.09 bits per heavy atom. The summed E-state index contributed by atoms with van der Waals surface area (Å²) in [6.07, 6.45) is 0. The number of nitrogens with zero attached hydrogens (tertiary/aromatic N) is 3. The summed E-state index contributed by atoms with van der Waals surface area (Å²) in [7, 11) is 0. The van der Waals surface area contributed by atoms with Gasteiger partial charge in [0.1, 0.15) is 0 Å². The van der Waals surface area contributed by atoms with Gasteiger partial charge in [-0.1, -0.05) is 58.0 Å². The van der Waals surface area contributed by atoms with Crippen LogP contribution < -0.4 is 5.73 Å². The van der Waals surface area contributed by atoms with Gasteiger partial charge in [-0.2, -0.15) is 0 Å². The number of aromatic nitrogens is 3. The second-order valence-corrected chi connectivity index (χ2v) is 6.60. The molecule has 23 heavy (non-hydrogen) atoms. The molecule has 1 heterocycles. The van der Waals surface area contributed by atoms with Gasteiger partial charge < -0.3 is 5.73 Å². The fourth-order valence-electron chi connectivity index (χ4n) is 2.09. The Bertz CT molecular complexity index is 818. The summed E-state index contributed by atoms with van der Waals surface area (Å²) in [5, 5.41) is 9.15. The third-order valence-corrected chi connectivity index (χ3v) is 4.57. The van der Waals surface area contributed by atoms with Gasteiger partial charge in [-0.25, -0.2) is 0 Å². The number of rotatable bonds is 5. The van der Waals surface area contributed by atoms with Crippen molar-refractivity contribution < 1.29 is 4.79 Å². The topological polar surface area (TPSA) is 73.8 Å². The number of hydrogen-bond acceptors (Lipinski definition) is 4. The molecule has 0 fully saturated rings. The molecule has 0 aliphatic heterocycles.